The Labute approximate surface area is 213 Å². The van der Waals surface area contributed by atoms with Gasteiger partial charge < -0.3 is 23.5 Å². The van der Waals surface area contributed by atoms with Crippen LogP contribution in [0.15, 0.2) is 59.7 Å². The van der Waals surface area contributed by atoms with Crippen molar-refractivity contribution in [3.63, 3.8) is 0 Å². The van der Waals surface area contributed by atoms with Crippen LogP contribution < -0.4 is 14.5 Å². The van der Waals surface area contributed by atoms with Gasteiger partial charge in [0, 0.05) is 24.6 Å². The zero-order chi connectivity index (χ0) is 25.0. The summed E-state index contributed by atoms with van der Waals surface area (Å²) in [5.74, 6) is 2.47. The maximum absolute atomic E-state index is 13.8. The van der Waals surface area contributed by atoms with E-state index in [1.165, 1.54) is 12.1 Å². The molecule has 10 heteroatoms. The minimum atomic E-state index is -0.511. The second-order valence-corrected chi connectivity index (χ2v) is 9.46. The number of fused-ring (bicyclic) bond motifs is 2. The van der Waals surface area contributed by atoms with Crippen molar-refractivity contribution < 1.29 is 23.3 Å². The van der Waals surface area contributed by atoms with Crippen LogP contribution in [0.4, 0.5) is 10.1 Å². The molecule has 1 spiro atoms. The smallest absolute Gasteiger partial charge is 0.231 e. The second-order valence-electron chi connectivity index (χ2n) is 9.46. The standard InChI is InChI=1S/C27H26FN5O4/c1-18-15-31(16-29-18)22-7-2-19(24-25(22)37-17-36-24)14-23-26-30-27(8-11-34-12-9-27)33(32(26)10-13-35-23)21-5-3-20(28)4-6-21/h2-7,14-16H,8-13,17H2,1H3/b23-14-. The maximum Gasteiger partial charge on any atom is 0.231 e. The first-order valence-electron chi connectivity index (χ1n) is 12.4. The molecule has 0 aliphatic carbocycles. The van der Waals surface area contributed by atoms with Crippen molar-refractivity contribution in [2.24, 2.45) is 4.99 Å². The van der Waals surface area contributed by atoms with Gasteiger partial charge in [-0.1, -0.05) is 0 Å². The molecule has 0 unspecified atom stereocenters. The molecule has 0 bridgehead atoms. The van der Waals surface area contributed by atoms with E-state index < -0.39 is 5.66 Å². The van der Waals surface area contributed by atoms with Crippen molar-refractivity contribution in [1.82, 2.24) is 14.6 Å². The van der Waals surface area contributed by atoms with Gasteiger partial charge in [-0.05, 0) is 49.4 Å². The number of hydrazine groups is 1. The molecule has 2 aromatic carbocycles. The van der Waals surface area contributed by atoms with Gasteiger partial charge >= 0.3 is 0 Å². The lowest BCUT2D eigenvalue weighted by Gasteiger charge is -2.45. The van der Waals surface area contributed by atoms with E-state index in [4.69, 9.17) is 23.9 Å². The Morgan fingerprint density at radius 3 is 2.57 bits per heavy atom. The first-order valence-corrected chi connectivity index (χ1v) is 12.4. The SMILES string of the molecule is Cc1cn(-c2ccc(/C=C3\OCCN4C3=NC3(CCOCC3)N4c3ccc(F)cc3)c3c2OCO3)cn1. The van der Waals surface area contributed by atoms with Gasteiger partial charge in [0.05, 0.1) is 43.2 Å². The summed E-state index contributed by atoms with van der Waals surface area (Å²) in [4.78, 5) is 9.57. The molecule has 0 saturated carbocycles. The molecule has 0 N–H and O–H groups in total. The molecule has 2 fully saturated rings. The Morgan fingerprint density at radius 1 is 0.973 bits per heavy atom. The molecule has 0 radical (unpaired) electrons. The summed E-state index contributed by atoms with van der Waals surface area (Å²) in [6.45, 7) is 4.42. The van der Waals surface area contributed by atoms with Gasteiger partial charge in [-0.2, -0.15) is 0 Å². The zero-order valence-corrected chi connectivity index (χ0v) is 20.4. The van der Waals surface area contributed by atoms with Crippen molar-refractivity contribution in [2.75, 3.05) is 38.2 Å². The molecule has 1 aromatic heterocycles. The zero-order valence-electron chi connectivity index (χ0n) is 20.4. The molecule has 7 rings (SSSR count). The van der Waals surface area contributed by atoms with Crippen molar-refractivity contribution in [3.8, 4) is 17.2 Å². The number of anilines is 1. The van der Waals surface area contributed by atoms with Crippen LogP contribution in [-0.2, 0) is 9.47 Å². The van der Waals surface area contributed by atoms with E-state index in [0.29, 0.717) is 43.6 Å². The number of aromatic nitrogens is 2. The van der Waals surface area contributed by atoms with Gasteiger partial charge in [-0.15, -0.1) is 0 Å². The van der Waals surface area contributed by atoms with Crippen LogP contribution in [0.3, 0.4) is 0 Å². The van der Waals surface area contributed by atoms with E-state index in [1.807, 2.05) is 35.9 Å². The highest BCUT2D eigenvalue weighted by atomic mass is 19.1. The molecular formula is C27H26FN5O4. The number of aryl methyl sites for hydroxylation is 1. The third kappa shape index (κ3) is 3.62. The molecular weight excluding hydrogens is 477 g/mol. The molecule has 0 amide bonds. The van der Waals surface area contributed by atoms with Crippen LogP contribution in [0, 0.1) is 12.7 Å². The van der Waals surface area contributed by atoms with Crippen molar-refractivity contribution in [1.29, 1.82) is 0 Å². The van der Waals surface area contributed by atoms with Crippen molar-refractivity contribution >= 4 is 17.6 Å². The average Bonchev–Trinajstić information content (AvgIpc) is 3.64. The number of morpholine rings is 1. The predicted octanol–water partition coefficient (Wildman–Crippen LogP) is 4.06. The topological polar surface area (TPSA) is 73.6 Å². The van der Waals surface area contributed by atoms with Crippen LogP contribution in [0.2, 0.25) is 0 Å². The van der Waals surface area contributed by atoms with Crippen LogP contribution in [0.25, 0.3) is 11.8 Å². The van der Waals surface area contributed by atoms with E-state index >= 15 is 0 Å². The van der Waals surface area contributed by atoms with Gasteiger partial charge in [0.2, 0.25) is 6.79 Å². The fraction of sp³-hybridized carbons (Fsp3) is 0.333. The Bertz CT molecular complexity index is 1410. The van der Waals surface area contributed by atoms with E-state index in [-0.39, 0.29) is 12.6 Å². The number of rotatable bonds is 3. The summed E-state index contributed by atoms with van der Waals surface area (Å²) in [6, 6.07) is 10.6. The third-order valence-corrected chi connectivity index (χ3v) is 7.14. The number of aliphatic imine (C=N–C) groups is 1. The summed E-state index contributed by atoms with van der Waals surface area (Å²) >= 11 is 0. The summed E-state index contributed by atoms with van der Waals surface area (Å²) in [5, 5.41) is 4.34. The lowest BCUT2D eigenvalue weighted by Crippen LogP contribution is -2.56. The first-order chi connectivity index (χ1) is 18.1. The number of hydrogen-bond acceptors (Lipinski definition) is 8. The molecule has 5 heterocycles. The van der Waals surface area contributed by atoms with Gasteiger partial charge in [-0.25, -0.2) is 14.4 Å². The fourth-order valence-corrected chi connectivity index (χ4v) is 5.42. The predicted molar refractivity (Wildman–Crippen MR) is 134 cm³/mol. The molecule has 0 atom stereocenters. The number of hydrogen-bond donors (Lipinski definition) is 0. The number of halogens is 1. The van der Waals surface area contributed by atoms with Crippen LogP contribution in [0.5, 0.6) is 11.5 Å². The highest BCUT2D eigenvalue weighted by molar-refractivity contribution is 6.04. The summed E-state index contributed by atoms with van der Waals surface area (Å²) in [6.07, 6.45) is 7.12. The van der Waals surface area contributed by atoms with Gasteiger partial charge in [0.15, 0.2) is 28.8 Å². The molecule has 9 nitrogen and oxygen atoms in total. The highest BCUT2D eigenvalue weighted by Crippen LogP contribution is 2.44. The van der Waals surface area contributed by atoms with E-state index in [1.54, 1.807) is 18.5 Å². The summed E-state index contributed by atoms with van der Waals surface area (Å²) < 4.78 is 39.3. The van der Waals surface area contributed by atoms with Crippen molar-refractivity contribution in [2.45, 2.75) is 25.4 Å². The van der Waals surface area contributed by atoms with Crippen LogP contribution >= 0.6 is 0 Å². The second kappa shape index (κ2) is 8.52. The van der Waals surface area contributed by atoms with E-state index in [2.05, 4.69) is 15.0 Å². The summed E-state index contributed by atoms with van der Waals surface area (Å²) in [5.41, 5.74) is 3.00. The molecule has 2 saturated heterocycles. The van der Waals surface area contributed by atoms with Crippen LogP contribution in [-0.4, -0.2) is 59.2 Å². The Hall–Kier alpha value is -4.05. The minimum absolute atomic E-state index is 0.144. The normalized spacial score (nSPS) is 20.8. The van der Waals surface area contributed by atoms with E-state index in [9.17, 15) is 4.39 Å². The van der Waals surface area contributed by atoms with Gasteiger partial charge in [0.25, 0.3) is 0 Å². The average molecular weight is 504 g/mol. The van der Waals surface area contributed by atoms with Gasteiger partial charge in [0.1, 0.15) is 12.4 Å². The number of ether oxygens (including phenoxy) is 4. The van der Waals surface area contributed by atoms with Gasteiger partial charge in [-0.3, -0.25) is 10.0 Å². The molecule has 4 aliphatic rings. The quantitative estimate of drug-likeness (QED) is 0.534. The minimum Gasteiger partial charge on any atom is -0.488 e. The Kier molecular flexibility index (Phi) is 5.10. The van der Waals surface area contributed by atoms with Crippen LogP contribution in [0.1, 0.15) is 24.1 Å². The maximum atomic E-state index is 13.8. The molecule has 3 aromatic rings. The molecule has 4 aliphatic heterocycles. The molecule has 37 heavy (non-hydrogen) atoms. The number of amidine groups is 1. The number of benzene rings is 2. The Balaban J connectivity index is 1.30. The first kappa shape index (κ1) is 22.2. The lowest BCUT2D eigenvalue weighted by atomic mass is 10.00. The summed E-state index contributed by atoms with van der Waals surface area (Å²) in [7, 11) is 0. The third-order valence-electron chi connectivity index (χ3n) is 7.14. The largest absolute Gasteiger partial charge is 0.488 e. The molecule has 190 valence electrons. The van der Waals surface area contributed by atoms with Crippen molar-refractivity contribution in [3.05, 3.63) is 71.8 Å². The number of nitrogens with zero attached hydrogens (tertiary/aromatic N) is 5. The Morgan fingerprint density at radius 2 is 1.78 bits per heavy atom. The fourth-order valence-electron chi connectivity index (χ4n) is 5.42. The lowest BCUT2D eigenvalue weighted by molar-refractivity contribution is 0.0438. The van der Waals surface area contributed by atoms with E-state index in [0.717, 1.165) is 41.3 Å². The number of imidazole rings is 1. The highest BCUT2D eigenvalue weighted by Gasteiger charge is 2.50. The monoisotopic (exact) mass is 503 g/mol.